The van der Waals surface area contributed by atoms with Gasteiger partial charge in [-0.1, -0.05) is 42.1 Å². The van der Waals surface area contributed by atoms with Gasteiger partial charge < -0.3 is 10.1 Å². The maximum Gasteiger partial charge on any atom is 0.262 e. The van der Waals surface area contributed by atoms with Crippen LogP contribution < -0.4 is 5.56 Å². The molecule has 148 valence electrons. The van der Waals surface area contributed by atoms with Gasteiger partial charge in [0, 0.05) is 35.8 Å². The minimum Gasteiger partial charge on any atom is -0.396 e. The van der Waals surface area contributed by atoms with Gasteiger partial charge in [0.15, 0.2) is 10.9 Å². The second kappa shape index (κ2) is 8.23. The van der Waals surface area contributed by atoms with E-state index in [1.807, 2.05) is 37.3 Å². The van der Waals surface area contributed by atoms with Crippen molar-refractivity contribution in [1.82, 2.24) is 14.5 Å². The van der Waals surface area contributed by atoms with Gasteiger partial charge in [-0.2, -0.15) is 0 Å². The maximum atomic E-state index is 13.1. The predicted molar refractivity (Wildman–Crippen MR) is 116 cm³/mol. The number of hydrogen-bond acceptors (Lipinski definition) is 5. The molecule has 2 heterocycles. The molecule has 0 aliphatic heterocycles. The highest BCUT2D eigenvalue weighted by molar-refractivity contribution is 8.00. The number of carbonyl (C=O) groups excluding carboxylic acids is 1. The third kappa shape index (κ3) is 3.71. The van der Waals surface area contributed by atoms with E-state index in [0.29, 0.717) is 34.6 Å². The average molecular weight is 407 g/mol. The number of nitrogens with one attached hydrogen (secondary N) is 1. The predicted octanol–water partition coefficient (Wildman–Crippen LogP) is 3.62. The number of carbonyl (C=O) groups is 1. The topological polar surface area (TPSA) is 88.0 Å². The number of Topliss-reactive ketones (excluding diaryl/α,β-unsaturated/α-hetero) is 1. The van der Waals surface area contributed by atoms with E-state index in [4.69, 9.17) is 0 Å². The third-order valence-electron chi connectivity index (χ3n) is 4.87. The van der Waals surface area contributed by atoms with E-state index in [1.54, 1.807) is 29.0 Å². The number of nitrogens with zero attached hydrogens (tertiary/aromatic N) is 2. The number of aromatic nitrogens is 3. The standard InChI is InChI=1S/C22H21N3O3S/c1-14(20(27)17-13-23-18-9-4-2-7-15(17)18)29-22-24-19-10-5-3-8-16(19)21(28)25(22)11-6-12-26/h2-5,7-10,13-14,23,26H,6,11-12H2,1H3. The van der Waals surface area contributed by atoms with Gasteiger partial charge in [-0.15, -0.1) is 0 Å². The normalized spacial score (nSPS) is 12.5. The average Bonchev–Trinajstić information content (AvgIpc) is 3.17. The van der Waals surface area contributed by atoms with E-state index < -0.39 is 5.25 Å². The molecular formula is C22H21N3O3S. The summed E-state index contributed by atoms with van der Waals surface area (Å²) in [6.07, 6.45) is 2.18. The molecule has 0 amide bonds. The molecule has 1 unspecified atom stereocenters. The molecule has 6 nitrogen and oxygen atoms in total. The summed E-state index contributed by atoms with van der Waals surface area (Å²) in [7, 11) is 0. The summed E-state index contributed by atoms with van der Waals surface area (Å²) in [6, 6.07) is 14.9. The summed E-state index contributed by atoms with van der Waals surface area (Å²) in [5.74, 6) is -0.0245. The van der Waals surface area contributed by atoms with Gasteiger partial charge in [-0.05, 0) is 31.5 Å². The van der Waals surface area contributed by atoms with E-state index in [-0.39, 0.29) is 17.9 Å². The van der Waals surface area contributed by atoms with Gasteiger partial charge in [0.05, 0.1) is 16.2 Å². The van der Waals surface area contributed by atoms with E-state index in [2.05, 4.69) is 9.97 Å². The third-order valence-corrected chi connectivity index (χ3v) is 5.96. The number of fused-ring (bicyclic) bond motifs is 2. The van der Waals surface area contributed by atoms with Crippen LogP contribution in [0.25, 0.3) is 21.8 Å². The molecule has 0 saturated heterocycles. The van der Waals surface area contributed by atoms with Gasteiger partial charge in [0.2, 0.25) is 0 Å². The van der Waals surface area contributed by atoms with Gasteiger partial charge in [-0.3, -0.25) is 14.2 Å². The molecule has 0 radical (unpaired) electrons. The van der Waals surface area contributed by atoms with Crippen LogP contribution in [0.2, 0.25) is 0 Å². The van der Waals surface area contributed by atoms with Crippen LogP contribution in [0, 0.1) is 0 Å². The van der Waals surface area contributed by atoms with Gasteiger partial charge in [0.25, 0.3) is 5.56 Å². The van der Waals surface area contributed by atoms with Crippen molar-refractivity contribution in [3.63, 3.8) is 0 Å². The Morgan fingerprint density at radius 1 is 1.17 bits per heavy atom. The molecule has 0 saturated carbocycles. The number of aromatic amines is 1. The molecule has 0 fully saturated rings. The summed E-state index contributed by atoms with van der Waals surface area (Å²) in [5, 5.41) is 10.7. The van der Waals surface area contributed by atoms with Gasteiger partial charge in [0.1, 0.15) is 0 Å². The lowest BCUT2D eigenvalue weighted by atomic mass is 10.1. The molecular weight excluding hydrogens is 386 g/mol. The Balaban J connectivity index is 1.70. The number of para-hydroxylation sites is 2. The Morgan fingerprint density at radius 2 is 1.90 bits per heavy atom. The van der Waals surface area contributed by atoms with Crippen LogP contribution >= 0.6 is 11.8 Å². The molecule has 29 heavy (non-hydrogen) atoms. The molecule has 4 aromatic rings. The number of hydrogen-bond donors (Lipinski definition) is 2. The molecule has 0 spiro atoms. The van der Waals surface area contributed by atoms with Crippen LogP contribution in [-0.4, -0.2) is 37.3 Å². The van der Waals surface area contributed by atoms with E-state index in [1.165, 1.54) is 11.8 Å². The summed E-state index contributed by atoms with van der Waals surface area (Å²) in [6.45, 7) is 2.16. The Kier molecular flexibility index (Phi) is 5.51. The summed E-state index contributed by atoms with van der Waals surface area (Å²) < 4.78 is 1.56. The van der Waals surface area contributed by atoms with Crippen LogP contribution in [0.15, 0.2) is 64.7 Å². The molecule has 1 atom stereocenters. The van der Waals surface area contributed by atoms with Crippen LogP contribution in [-0.2, 0) is 6.54 Å². The number of thioether (sulfide) groups is 1. The molecule has 0 bridgehead atoms. The summed E-state index contributed by atoms with van der Waals surface area (Å²) >= 11 is 1.27. The number of H-pyrrole nitrogens is 1. The highest BCUT2D eigenvalue weighted by atomic mass is 32.2. The molecule has 4 rings (SSSR count). The molecule has 2 N–H and O–H groups in total. The molecule has 2 aromatic carbocycles. The first-order valence-corrected chi connectivity index (χ1v) is 10.4. The first-order valence-electron chi connectivity index (χ1n) is 9.47. The first kappa shape index (κ1) is 19.4. The largest absolute Gasteiger partial charge is 0.396 e. The van der Waals surface area contributed by atoms with Crippen LogP contribution in [0.1, 0.15) is 23.7 Å². The van der Waals surface area contributed by atoms with Crippen LogP contribution in [0.5, 0.6) is 0 Å². The Hall–Kier alpha value is -2.90. The number of rotatable bonds is 7. The Morgan fingerprint density at radius 3 is 2.69 bits per heavy atom. The van der Waals surface area contributed by atoms with Crippen molar-refractivity contribution < 1.29 is 9.90 Å². The monoisotopic (exact) mass is 407 g/mol. The Labute approximate surface area is 171 Å². The molecule has 2 aromatic heterocycles. The van der Waals surface area contributed by atoms with E-state index >= 15 is 0 Å². The summed E-state index contributed by atoms with van der Waals surface area (Å²) in [5.41, 5.74) is 1.99. The van der Waals surface area contributed by atoms with Crippen molar-refractivity contribution in [2.45, 2.75) is 30.3 Å². The maximum absolute atomic E-state index is 13.1. The Bertz CT molecular complexity index is 1250. The lowest BCUT2D eigenvalue weighted by Gasteiger charge is -2.15. The van der Waals surface area contributed by atoms with Gasteiger partial charge >= 0.3 is 0 Å². The molecule has 0 aliphatic carbocycles. The quantitative estimate of drug-likeness (QED) is 0.278. The number of ketones is 1. The number of aliphatic hydroxyl groups excluding tert-OH is 1. The SMILES string of the molecule is CC(Sc1nc2ccccc2c(=O)n1CCCO)C(=O)c1c[nH]c2ccccc12. The minimum atomic E-state index is -0.428. The minimum absolute atomic E-state index is 0.0206. The lowest BCUT2D eigenvalue weighted by Crippen LogP contribution is -2.25. The summed E-state index contributed by atoms with van der Waals surface area (Å²) in [4.78, 5) is 33.8. The van der Waals surface area contributed by atoms with Crippen molar-refractivity contribution in [2.24, 2.45) is 0 Å². The molecule has 0 aliphatic rings. The van der Waals surface area contributed by atoms with Crippen molar-refractivity contribution in [2.75, 3.05) is 6.61 Å². The van der Waals surface area contributed by atoms with E-state index in [9.17, 15) is 14.7 Å². The number of benzene rings is 2. The van der Waals surface area contributed by atoms with E-state index in [0.717, 1.165) is 10.9 Å². The van der Waals surface area contributed by atoms with Crippen LogP contribution in [0.4, 0.5) is 0 Å². The molecule has 7 heteroatoms. The fraction of sp³-hybridized carbons (Fsp3) is 0.227. The van der Waals surface area contributed by atoms with Crippen molar-refractivity contribution in [3.05, 3.63) is 70.6 Å². The smallest absolute Gasteiger partial charge is 0.262 e. The zero-order valence-corrected chi connectivity index (χ0v) is 16.8. The first-order chi connectivity index (χ1) is 14.1. The lowest BCUT2D eigenvalue weighted by molar-refractivity contribution is 0.0995. The van der Waals surface area contributed by atoms with Crippen molar-refractivity contribution in [1.29, 1.82) is 0 Å². The van der Waals surface area contributed by atoms with Crippen molar-refractivity contribution >= 4 is 39.4 Å². The fourth-order valence-corrected chi connectivity index (χ4v) is 4.37. The number of aliphatic hydroxyl groups is 1. The zero-order chi connectivity index (χ0) is 20.4. The van der Waals surface area contributed by atoms with Gasteiger partial charge in [-0.25, -0.2) is 4.98 Å². The zero-order valence-electron chi connectivity index (χ0n) is 16.0. The second-order valence-corrected chi connectivity index (χ2v) is 8.13. The fourth-order valence-electron chi connectivity index (χ4n) is 3.37. The van der Waals surface area contributed by atoms with Crippen molar-refractivity contribution in [3.8, 4) is 0 Å². The highest BCUT2D eigenvalue weighted by Crippen LogP contribution is 2.28. The van der Waals surface area contributed by atoms with Crippen LogP contribution in [0.3, 0.4) is 0 Å². The highest BCUT2D eigenvalue weighted by Gasteiger charge is 2.22. The second-order valence-electron chi connectivity index (χ2n) is 6.82.